The summed E-state index contributed by atoms with van der Waals surface area (Å²) in [7, 11) is 0. The van der Waals surface area contributed by atoms with Crippen molar-refractivity contribution in [3.05, 3.63) is 53.6 Å². The summed E-state index contributed by atoms with van der Waals surface area (Å²) in [5.41, 5.74) is 3.16. The lowest BCUT2D eigenvalue weighted by molar-refractivity contribution is 0.0954. The van der Waals surface area contributed by atoms with Crippen LogP contribution in [0.15, 0.2) is 47.6 Å². The van der Waals surface area contributed by atoms with E-state index >= 15 is 0 Å². The van der Waals surface area contributed by atoms with Gasteiger partial charge in [-0.05, 0) is 48.0 Å². The molecule has 2 rings (SSSR count). The van der Waals surface area contributed by atoms with Crippen LogP contribution in [0.4, 0.5) is 0 Å². The van der Waals surface area contributed by atoms with Crippen molar-refractivity contribution in [3.8, 4) is 17.2 Å². The Kier molecular flexibility index (Phi) is 3.85. The molecule has 1 amide bonds. The maximum atomic E-state index is 11.7. The van der Waals surface area contributed by atoms with Crippen LogP contribution in [-0.2, 0) is 0 Å². The number of amides is 1. The number of carbonyl (C=O) groups excluding carboxylic acids is 1. The molecule has 0 unspecified atom stereocenters. The smallest absolute Gasteiger partial charge is 0.271 e. The van der Waals surface area contributed by atoms with Crippen LogP contribution in [0.1, 0.15) is 15.9 Å². The van der Waals surface area contributed by atoms with Crippen molar-refractivity contribution in [2.75, 3.05) is 0 Å². The van der Waals surface area contributed by atoms with Crippen LogP contribution in [0, 0.1) is 0 Å². The minimum absolute atomic E-state index is 0.144. The molecule has 0 atom stereocenters. The van der Waals surface area contributed by atoms with Crippen molar-refractivity contribution in [2.45, 2.75) is 0 Å². The highest BCUT2D eigenvalue weighted by Crippen LogP contribution is 2.24. The summed E-state index contributed by atoms with van der Waals surface area (Å²) in [4.78, 5) is 11.7. The number of hydrogen-bond acceptors (Lipinski definition) is 5. The Balaban J connectivity index is 2.01. The quantitative estimate of drug-likeness (QED) is 0.387. The molecule has 0 fully saturated rings. The zero-order chi connectivity index (χ0) is 14.5. The van der Waals surface area contributed by atoms with E-state index in [1.54, 1.807) is 12.1 Å². The highest BCUT2D eigenvalue weighted by molar-refractivity contribution is 5.95. The molecule has 0 aliphatic rings. The van der Waals surface area contributed by atoms with Crippen LogP contribution in [0.25, 0.3) is 0 Å². The van der Waals surface area contributed by atoms with Crippen LogP contribution in [0.3, 0.4) is 0 Å². The molecule has 0 bridgehead atoms. The second-order valence-electron chi connectivity index (χ2n) is 3.99. The molecule has 2 aromatic rings. The van der Waals surface area contributed by atoms with E-state index in [1.807, 2.05) is 0 Å². The van der Waals surface area contributed by atoms with Gasteiger partial charge in [-0.25, -0.2) is 5.43 Å². The summed E-state index contributed by atoms with van der Waals surface area (Å²) in [6.07, 6.45) is 1.41. The Labute approximate surface area is 114 Å². The molecule has 0 radical (unpaired) electrons. The van der Waals surface area contributed by atoms with Gasteiger partial charge in [0.25, 0.3) is 5.91 Å². The fourth-order valence-electron chi connectivity index (χ4n) is 1.46. The van der Waals surface area contributed by atoms with Gasteiger partial charge >= 0.3 is 0 Å². The van der Waals surface area contributed by atoms with Crippen LogP contribution in [-0.4, -0.2) is 27.4 Å². The molecular weight excluding hydrogens is 260 g/mol. The maximum absolute atomic E-state index is 11.7. The van der Waals surface area contributed by atoms with Gasteiger partial charge in [-0.2, -0.15) is 5.10 Å². The van der Waals surface area contributed by atoms with Crippen molar-refractivity contribution >= 4 is 12.1 Å². The average molecular weight is 272 g/mol. The minimum Gasteiger partial charge on any atom is -0.508 e. The summed E-state index contributed by atoms with van der Waals surface area (Å²) in [5, 5.41) is 31.3. The summed E-state index contributed by atoms with van der Waals surface area (Å²) in [5.74, 6) is -1.05. The van der Waals surface area contributed by atoms with Crippen molar-refractivity contribution in [1.29, 1.82) is 0 Å². The largest absolute Gasteiger partial charge is 0.508 e. The number of phenols is 3. The molecule has 0 spiro atoms. The summed E-state index contributed by atoms with van der Waals surface area (Å²) < 4.78 is 0. The molecule has 6 heteroatoms. The summed E-state index contributed by atoms with van der Waals surface area (Å²) in [6.45, 7) is 0. The van der Waals surface area contributed by atoms with Gasteiger partial charge in [0, 0.05) is 5.56 Å². The first kappa shape index (κ1) is 13.4. The monoisotopic (exact) mass is 272 g/mol. The first-order chi connectivity index (χ1) is 9.56. The molecule has 0 saturated heterocycles. The van der Waals surface area contributed by atoms with Crippen LogP contribution in [0.2, 0.25) is 0 Å². The molecule has 102 valence electrons. The lowest BCUT2D eigenvalue weighted by atomic mass is 10.2. The number of carbonyl (C=O) groups is 1. The van der Waals surface area contributed by atoms with E-state index in [-0.39, 0.29) is 22.8 Å². The fraction of sp³-hybridized carbons (Fsp3) is 0. The van der Waals surface area contributed by atoms with Crippen molar-refractivity contribution in [1.82, 2.24) is 5.43 Å². The highest BCUT2D eigenvalue weighted by atomic mass is 16.3. The van der Waals surface area contributed by atoms with E-state index in [2.05, 4.69) is 10.5 Å². The zero-order valence-electron chi connectivity index (χ0n) is 10.3. The van der Waals surface area contributed by atoms with Gasteiger partial charge in [-0.3, -0.25) is 4.79 Å². The Morgan fingerprint density at radius 1 is 1.00 bits per heavy atom. The third-order valence-corrected chi connectivity index (χ3v) is 2.51. The SMILES string of the molecule is O=C(NN=Cc1ccc(O)cc1)c1ccc(O)c(O)c1. The number of phenolic OH excluding ortho intramolecular Hbond substituents is 3. The predicted molar refractivity (Wildman–Crippen MR) is 72.9 cm³/mol. The lowest BCUT2D eigenvalue weighted by Crippen LogP contribution is -2.17. The third-order valence-electron chi connectivity index (χ3n) is 2.51. The first-order valence-electron chi connectivity index (χ1n) is 5.70. The van der Waals surface area contributed by atoms with Crippen LogP contribution >= 0.6 is 0 Å². The average Bonchev–Trinajstić information content (AvgIpc) is 2.44. The number of benzene rings is 2. The molecule has 0 aromatic heterocycles. The minimum atomic E-state index is -0.518. The van der Waals surface area contributed by atoms with E-state index in [0.717, 1.165) is 6.07 Å². The Morgan fingerprint density at radius 2 is 1.70 bits per heavy atom. The van der Waals surface area contributed by atoms with E-state index in [1.165, 1.54) is 30.5 Å². The maximum Gasteiger partial charge on any atom is 0.271 e. The molecule has 6 nitrogen and oxygen atoms in total. The van der Waals surface area contributed by atoms with Gasteiger partial charge in [-0.15, -0.1) is 0 Å². The summed E-state index contributed by atoms with van der Waals surface area (Å²) in [6, 6.07) is 9.99. The second kappa shape index (κ2) is 5.75. The topological polar surface area (TPSA) is 102 Å². The zero-order valence-corrected chi connectivity index (χ0v) is 10.3. The molecular formula is C14H12N2O4. The van der Waals surface area contributed by atoms with E-state index < -0.39 is 5.91 Å². The van der Waals surface area contributed by atoms with Gasteiger partial charge < -0.3 is 15.3 Å². The van der Waals surface area contributed by atoms with E-state index in [9.17, 15) is 9.90 Å². The van der Waals surface area contributed by atoms with Crippen LogP contribution in [0.5, 0.6) is 17.2 Å². The van der Waals surface area contributed by atoms with Crippen molar-refractivity contribution in [3.63, 3.8) is 0 Å². The predicted octanol–water partition coefficient (Wildman–Crippen LogP) is 1.57. The van der Waals surface area contributed by atoms with Gasteiger partial charge in [0.1, 0.15) is 5.75 Å². The van der Waals surface area contributed by atoms with Crippen molar-refractivity contribution < 1.29 is 20.1 Å². The Bertz CT molecular complexity index is 651. The first-order valence-corrected chi connectivity index (χ1v) is 5.70. The number of hydrogen-bond donors (Lipinski definition) is 4. The molecule has 0 aliphatic heterocycles. The van der Waals surface area contributed by atoms with Gasteiger partial charge in [0.2, 0.25) is 0 Å². The normalized spacial score (nSPS) is 10.6. The third kappa shape index (κ3) is 3.26. The molecule has 2 aromatic carbocycles. The Hall–Kier alpha value is -3.02. The number of hydrazone groups is 1. The van der Waals surface area contributed by atoms with Crippen LogP contribution < -0.4 is 5.43 Å². The van der Waals surface area contributed by atoms with E-state index in [4.69, 9.17) is 10.2 Å². The molecule has 20 heavy (non-hydrogen) atoms. The Morgan fingerprint density at radius 3 is 2.35 bits per heavy atom. The number of nitrogens with zero attached hydrogens (tertiary/aromatic N) is 1. The number of rotatable bonds is 3. The lowest BCUT2D eigenvalue weighted by Gasteiger charge is -2.02. The standard InChI is InChI=1S/C14H12N2O4/c17-11-4-1-9(2-5-11)8-15-16-14(20)10-3-6-12(18)13(19)7-10/h1-8,17-19H,(H,16,20). The summed E-state index contributed by atoms with van der Waals surface area (Å²) >= 11 is 0. The van der Waals surface area contributed by atoms with Gasteiger partial charge in [-0.1, -0.05) is 0 Å². The van der Waals surface area contributed by atoms with Crippen molar-refractivity contribution in [2.24, 2.45) is 5.10 Å². The van der Waals surface area contributed by atoms with Gasteiger partial charge in [0.15, 0.2) is 11.5 Å². The number of aromatic hydroxyl groups is 3. The molecule has 0 aliphatic carbocycles. The highest BCUT2D eigenvalue weighted by Gasteiger charge is 2.07. The molecule has 0 heterocycles. The molecule has 0 saturated carbocycles. The number of nitrogens with one attached hydrogen (secondary N) is 1. The second-order valence-corrected chi connectivity index (χ2v) is 3.99. The van der Waals surface area contributed by atoms with Gasteiger partial charge in [0.05, 0.1) is 6.21 Å². The molecule has 4 N–H and O–H groups in total. The fourth-order valence-corrected chi connectivity index (χ4v) is 1.46. The van der Waals surface area contributed by atoms with E-state index in [0.29, 0.717) is 5.56 Å².